The number of hydrogen-bond donors (Lipinski definition) is 3. The molecule has 8 nitrogen and oxygen atoms in total. The van der Waals surface area contributed by atoms with Gasteiger partial charge in [0, 0.05) is 47.8 Å². The molecule has 3 N–H and O–H groups in total. The van der Waals surface area contributed by atoms with Crippen molar-refractivity contribution in [3.63, 3.8) is 0 Å². The number of amides is 2. The number of aromatic amines is 1. The maximum absolute atomic E-state index is 12.5. The summed E-state index contributed by atoms with van der Waals surface area (Å²) >= 11 is 3.31. The van der Waals surface area contributed by atoms with E-state index in [-0.39, 0.29) is 23.4 Å². The summed E-state index contributed by atoms with van der Waals surface area (Å²) in [6.45, 7) is 4.18. The monoisotopic (exact) mass is 436 g/mol. The van der Waals surface area contributed by atoms with E-state index in [2.05, 4.69) is 36.4 Å². The van der Waals surface area contributed by atoms with Crippen molar-refractivity contribution in [2.45, 2.75) is 0 Å². The topological polar surface area (TPSA) is 104 Å². The molecule has 3 rings (SSSR count). The third-order valence-electron chi connectivity index (χ3n) is 4.35. The second-order valence-electron chi connectivity index (χ2n) is 6.21. The van der Waals surface area contributed by atoms with Gasteiger partial charge in [0.25, 0.3) is 5.91 Å². The summed E-state index contributed by atoms with van der Waals surface area (Å²) in [4.78, 5) is 41.8. The molecule has 1 aromatic heterocycles. The minimum atomic E-state index is -0.582. The summed E-state index contributed by atoms with van der Waals surface area (Å²) in [6.07, 6.45) is 1.37. The SMILES string of the molecule is O=C(CNC(=O)c1c[nH]c2ccc(Br)cc2c1=O)NCCN1CCOCC1. The van der Waals surface area contributed by atoms with Crippen molar-refractivity contribution in [2.24, 2.45) is 0 Å². The number of ether oxygens (including phenoxy) is 1. The number of carbonyl (C=O) groups is 2. The normalized spacial score (nSPS) is 14.9. The molecule has 0 unspecified atom stereocenters. The van der Waals surface area contributed by atoms with Crippen LogP contribution < -0.4 is 16.1 Å². The van der Waals surface area contributed by atoms with Crippen LogP contribution in [0.4, 0.5) is 0 Å². The van der Waals surface area contributed by atoms with Crippen LogP contribution in [-0.2, 0) is 9.53 Å². The number of pyridine rings is 1. The third kappa shape index (κ3) is 5.15. The van der Waals surface area contributed by atoms with E-state index >= 15 is 0 Å². The first-order chi connectivity index (χ1) is 13.0. The summed E-state index contributed by atoms with van der Waals surface area (Å²) in [5.74, 6) is -0.877. The third-order valence-corrected chi connectivity index (χ3v) is 4.84. The molecular weight excluding hydrogens is 416 g/mol. The van der Waals surface area contributed by atoms with Crippen molar-refractivity contribution in [3.8, 4) is 0 Å². The lowest BCUT2D eigenvalue weighted by Crippen LogP contribution is -2.43. The number of nitrogens with one attached hydrogen (secondary N) is 3. The number of benzene rings is 1. The van der Waals surface area contributed by atoms with Crippen LogP contribution in [0.15, 0.2) is 33.7 Å². The summed E-state index contributed by atoms with van der Waals surface area (Å²) in [7, 11) is 0. The fourth-order valence-electron chi connectivity index (χ4n) is 2.86. The lowest BCUT2D eigenvalue weighted by atomic mass is 10.1. The van der Waals surface area contributed by atoms with E-state index < -0.39 is 5.91 Å². The number of hydrogen-bond acceptors (Lipinski definition) is 5. The second-order valence-corrected chi connectivity index (χ2v) is 7.12. The Morgan fingerprint density at radius 3 is 2.78 bits per heavy atom. The zero-order chi connectivity index (χ0) is 19.2. The molecule has 1 saturated heterocycles. The fourth-order valence-corrected chi connectivity index (χ4v) is 3.22. The van der Waals surface area contributed by atoms with Gasteiger partial charge in [0.1, 0.15) is 5.56 Å². The van der Waals surface area contributed by atoms with Crippen molar-refractivity contribution in [2.75, 3.05) is 45.9 Å². The summed E-state index contributed by atoms with van der Waals surface area (Å²) < 4.78 is 6.02. The van der Waals surface area contributed by atoms with E-state index in [1.807, 2.05) is 0 Å². The molecule has 1 aromatic carbocycles. The van der Waals surface area contributed by atoms with E-state index in [1.54, 1.807) is 18.2 Å². The Hall–Kier alpha value is -2.23. The van der Waals surface area contributed by atoms with Gasteiger partial charge in [0.2, 0.25) is 11.3 Å². The highest BCUT2D eigenvalue weighted by Gasteiger charge is 2.15. The van der Waals surface area contributed by atoms with Crippen molar-refractivity contribution in [1.82, 2.24) is 20.5 Å². The van der Waals surface area contributed by atoms with Gasteiger partial charge >= 0.3 is 0 Å². The van der Waals surface area contributed by atoms with Gasteiger partial charge in [-0.25, -0.2) is 0 Å². The highest BCUT2D eigenvalue weighted by atomic mass is 79.9. The molecule has 2 heterocycles. The van der Waals surface area contributed by atoms with Crippen LogP contribution in [-0.4, -0.2) is 67.6 Å². The molecule has 0 atom stereocenters. The molecular formula is C18H21BrN4O4. The molecule has 27 heavy (non-hydrogen) atoms. The fraction of sp³-hybridized carbons (Fsp3) is 0.389. The molecule has 144 valence electrons. The standard InChI is InChI=1S/C18H21BrN4O4/c19-12-1-2-15-13(9-12)17(25)14(10-21-15)18(26)22-11-16(24)20-3-4-23-5-7-27-8-6-23/h1-2,9-10H,3-8,11H2,(H,20,24)(H,21,25)(H,22,26). The number of halogens is 1. The average molecular weight is 437 g/mol. The van der Waals surface area contributed by atoms with Gasteiger partial charge in [-0.2, -0.15) is 0 Å². The van der Waals surface area contributed by atoms with Gasteiger partial charge in [-0.1, -0.05) is 15.9 Å². The molecule has 0 aliphatic carbocycles. The smallest absolute Gasteiger partial charge is 0.257 e. The number of H-pyrrole nitrogens is 1. The molecule has 2 aromatic rings. The van der Waals surface area contributed by atoms with Gasteiger partial charge < -0.3 is 20.4 Å². The number of rotatable bonds is 6. The van der Waals surface area contributed by atoms with Gasteiger partial charge in [0.05, 0.1) is 19.8 Å². The molecule has 0 bridgehead atoms. The number of carbonyl (C=O) groups excluding carboxylic acids is 2. The van der Waals surface area contributed by atoms with E-state index in [4.69, 9.17) is 4.74 Å². The van der Waals surface area contributed by atoms with E-state index in [9.17, 15) is 14.4 Å². The van der Waals surface area contributed by atoms with Crippen LogP contribution in [0, 0.1) is 0 Å². The Kier molecular flexibility index (Phi) is 6.59. The van der Waals surface area contributed by atoms with Crippen LogP contribution in [0.5, 0.6) is 0 Å². The highest BCUT2D eigenvalue weighted by Crippen LogP contribution is 2.15. The Balaban J connectivity index is 1.51. The number of fused-ring (bicyclic) bond motifs is 1. The second kappa shape index (κ2) is 9.12. The molecule has 2 amide bonds. The Labute approximate surface area is 164 Å². The predicted molar refractivity (Wildman–Crippen MR) is 105 cm³/mol. The summed E-state index contributed by atoms with van der Waals surface area (Å²) in [5, 5.41) is 5.66. The van der Waals surface area contributed by atoms with Gasteiger partial charge in [-0.05, 0) is 18.2 Å². The van der Waals surface area contributed by atoms with E-state index in [0.29, 0.717) is 30.7 Å². The number of nitrogens with zero attached hydrogens (tertiary/aromatic N) is 1. The molecule has 1 fully saturated rings. The number of aromatic nitrogens is 1. The maximum atomic E-state index is 12.5. The lowest BCUT2D eigenvalue weighted by molar-refractivity contribution is -0.120. The van der Waals surface area contributed by atoms with Crippen LogP contribution in [0.3, 0.4) is 0 Å². The van der Waals surface area contributed by atoms with Gasteiger partial charge in [-0.3, -0.25) is 19.3 Å². The van der Waals surface area contributed by atoms with Crippen LogP contribution in [0.25, 0.3) is 10.9 Å². The van der Waals surface area contributed by atoms with Crippen molar-refractivity contribution in [3.05, 3.63) is 44.7 Å². The van der Waals surface area contributed by atoms with Gasteiger partial charge in [-0.15, -0.1) is 0 Å². The number of morpholine rings is 1. The van der Waals surface area contributed by atoms with Gasteiger partial charge in [0.15, 0.2) is 0 Å². The molecule has 1 aliphatic heterocycles. The minimum Gasteiger partial charge on any atom is -0.379 e. The van der Waals surface area contributed by atoms with Crippen molar-refractivity contribution in [1.29, 1.82) is 0 Å². The quantitative estimate of drug-likeness (QED) is 0.610. The molecule has 9 heteroatoms. The summed E-state index contributed by atoms with van der Waals surface area (Å²) in [5.41, 5.74) is 0.234. The maximum Gasteiger partial charge on any atom is 0.257 e. The Bertz CT molecular complexity index is 893. The minimum absolute atomic E-state index is 0.0262. The highest BCUT2D eigenvalue weighted by molar-refractivity contribution is 9.10. The largest absolute Gasteiger partial charge is 0.379 e. The first-order valence-electron chi connectivity index (χ1n) is 8.70. The Morgan fingerprint density at radius 1 is 1.22 bits per heavy atom. The van der Waals surface area contributed by atoms with E-state index in [1.165, 1.54) is 6.20 Å². The van der Waals surface area contributed by atoms with Crippen LogP contribution in [0.1, 0.15) is 10.4 Å². The zero-order valence-electron chi connectivity index (χ0n) is 14.7. The van der Waals surface area contributed by atoms with Crippen molar-refractivity contribution >= 4 is 38.6 Å². The summed E-state index contributed by atoms with van der Waals surface area (Å²) in [6, 6.07) is 5.22. The Morgan fingerprint density at radius 2 is 2.00 bits per heavy atom. The predicted octanol–water partition coefficient (Wildman–Crippen LogP) is 0.469. The lowest BCUT2D eigenvalue weighted by Gasteiger charge is -2.26. The molecule has 1 aliphatic rings. The average Bonchev–Trinajstić information content (AvgIpc) is 2.68. The first kappa shape index (κ1) is 19.5. The molecule has 0 spiro atoms. The van der Waals surface area contributed by atoms with Crippen LogP contribution >= 0.6 is 15.9 Å². The molecule has 0 radical (unpaired) electrons. The zero-order valence-corrected chi connectivity index (χ0v) is 16.3. The van der Waals surface area contributed by atoms with Crippen LogP contribution in [0.2, 0.25) is 0 Å². The molecule has 0 saturated carbocycles. The van der Waals surface area contributed by atoms with E-state index in [0.717, 1.165) is 24.1 Å². The first-order valence-corrected chi connectivity index (χ1v) is 9.50. The van der Waals surface area contributed by atoms with Crippen molar-refractivity contribution < 1.29 is 14.3 Å².